The number of thioether (sulfide) groups is 1. The normalized spacial score (nSPS) is 17.6. The van der Waals surface area contributed by atoms with E-state index in [1.165, 1.54) is 42.1 Å². The van der Waals surface area contributed by atoms with Crippen molar-refractivity contribution in [3.63, 3.8) is 0 Å². The lowest BCUT2D eigenvalue weighted by atomic mass is 10.0. The summed E-state index contributed by atoms with van der Waals surface area (Å²) in [4.78, 5) is 1.35. The van der Waals surface area contributed by atoms with Gasteiger partial charge in [0, 0.05) is 16.3 Å². The fraction of sp³-hybridized carbons (Fsp3) is 0.538. The van der Waals surface area contributed by atoms with Crippen LogP contribution in [0, 0.1) is 12.8 Å². The van der Waals surface area contributed by atoms with Crippen LogP contribution in [0.1, 0.15) is 18.4 Å². The molecule has 0 aromatic heterocycles. The van der Waals surface area contributed by atoms with Crippen LogP contribution in [0.3, 0.4) is 0 Å². The molecule has 1 aliphatic heterocycles. The predicted molar refractivity (Wildman–Crippen MR) is 71.9 cm³/mol. The van der Waals surface area contributed by atoms with E-state index in [9.17, 15) is 0 Å². The highest BCUT2D eigenvalue weighted by molar-refractivity contribution is 7.99. The van der Waals surface area contributed by atoms with Crippen molar-refractivity contribution in [2.24, 2.45) is 5.92 Å². The summed E-state index contributed by atoms with van der Waals surface area (Å²) in [6.07, 6.45) is 2.63. The predicted octanol–water partition coefficient (Wildman–Crippen LogP) is 2.67. The lowest BCUT2D eigenvalue weighted by molar-refractivity contribution is 0.408. The molecule has 1 heterocycles. The summed E-state index contributed by atoms with van der Waals surface area (Å²) in [5, 5.41) is 3.40. The molecule has 1 saturated heterocycles. The fourth-order valence-electron chi connectivity index (χ4n) is 2.04. The number of hydrogen-bond donors (Lipinski definition) is 2. The van der Waals surface area contributed by atoms with E-state index in [1.807, 2.05) is 23.9 Å². The van der Waals surface area contributed by atoms with Crippen molar-refractivity contribution in [1.29, 1.82) is 0 Å². The van der Waals surface area contributed by atoms with E-state index in [0.29, 0.717) is 0 Å². The molecule has 3 heteroatoms. The second-order valence-corrected chi connectivity index (χ2v) is 5.54. The first-order valence-electron chi connectivity index (χ1n) is 5.96. The van der Waals surface area contributed by atoms with E-state index in [2.05, 4.69) is 18.3 Å². The average molecular weight is 236 g/mol. The molecule has 0 aliphatic carbocycles. The lowest BCUT2D eigenvalue weighted by Gasteiger charge is -2.22. The average Bonchev–Trinajstić information content (AvgIpc) is 2.32. The van der Waals surface area contributed by atoms with Crippen molar-refractivity contribution in [2.75, 3.05) is 24.6 Å². The minimum Gasteiger partial charge on any atom is -0.398 e. The summed E-state index contributed by atoms with van der Waals surface area (Å²) < 4.78 is 0. The molecule has 2 nitrogen and oxygen atoms in total. The van der Waals surface area contributed by atoms with Crippen LogP contribution in [-0.2, 0) is 0 Å². The molecule has 88 valence electrons. The SMILES string of the molecule is Cc1c(N)cccc1SCC1CCNCC1. The van der Waals surface area contributed by atoms with Crippen LogP contribution in [0.15, 0.2) is 23.1 Å². The third-order valence-corrected chi connectivity index (χ3v) is 4.65. The standard InChI is InChI=1S/C13H20N2S/c1-10-12(14)3-2-4-13(10)16-9-11-5-7-15-8-6-11/h2-4,11,15H,5-9,14H2,1H3. The van der Waals surface area contributed by atoms with Gasteiger partial charge >= 0.3 is 0 Å². The second-order valence-electron chi connectivity index (χ2n) is 4.47. The second kappa shape index (κ2) is 5.60. The number of benzene rings is 1. The fourth-order valence-corrected chi connectivity index (χ4v) is 3.30. The highest BCUT2D eigenvalue weighted by atomic mass is 32.2. The van der Waals surface area contributed by atoms with Crippen LogP contribution in [0.4, 0.5) is 5.69 Å². The molecule has 16 heavy (non-hydrogen) atoms. The van der Waals surface area contributed by atoms with Crippen molar-refractivity contribution in [3.8, 4) is 0 Å². The van der Waals surface area contributed by atoms with E-state index in [1.54, 1.807) is 0 Å². The maximum atomic E-state index is 5.91. The minimum absolute atomic E-state index is 0.868. The van der Waals surface area contributed by atoms with Crippen LogP contribution >= 0.6 is 11.8 Å². The molecule has 0 spiro atoms. The third-order valence-electron chi connectivity index (χ3n) is 3.26. The zero-order valence-electron chi connectivity index (χ0n) is 9.83. The van der Waals surface area contributed by atoms with Crippen molar-refractivity contribution < 1.29 is 0 Å². The molecule has 0 amide bonds. The molecule has 1 aliphatic rings. The molecule has 0 saturated carbocycles. The van der Waals surface area contributed by atoms with Gasteiger partial charge in [0.2, 0.25) is 0 Å². The van der Waals surface area contributed by atoms with Gasteiger partial charge in [-0.25, -0.2) is 0 Å². The van der Waals surface area contributed by atoms with Crippen LogP contribution in [-0.4, -0.2) is 18.8 Å². The Morgan fingerprint density at radius 3 is 2.88 bits per heavy atom. The first-order valence-corrected chi connectivity index (χ1v) is 6.94. The highest BCUT2D eigenvalue weighted by Gasteiger charge is 2.13. The third kappa shape index (κ3) is 2.92. The monoisotopic (exact) mass is 236 g/mol. The van der Waals surface area contributed by atoms with Gasteiger partial charge in [0.25, 0.3) is 0 Å². The Hall–Kier alpha value is -0.670. The van der Waals surface area contributed by atoms with E-state index in [-0.39, 0.29) is 0 Å². The van der Waals surface area contributed by atoms with Gasteiger partial charge in [0.05, 0.1) is 0 Å². The van der Waals surface area contributed by atoms with Gasteiger partial charge in [-0.05, 0) is 56.5 Å². The van der Waals surface area contributed by atoms with Gasteiger partial charge in [0.1, 0.15) is 0 Å². The molecule has 1 fully saturated rings. The maximum Gasteiger partial charge on any atom is 0.0354 e. The van der Waals surface area contributed by atoms with Gasteiger partial charge in [-0.1, -0.05) is 6.07 Å². The summed E-state index contributed by atoms with van der Waals surface area (Å²) in [5.74, 6) is 2.10. The molecule has 0 bridgehead atoms. The van der Waals surface area contributed by atoms with Gasteiger partial charge in [-0.2, -0.15) is 0 Å². The number of hydrogen-bond acceptors (Lipinski definition) is 3. The first-order chi connectivity index (χ1) is 7.77. The summed E-state index contributed by atoms with van der Waals surface area (Å²) in [6, 6.07) is 6.20. The van der Waals surface area contributed by atoms with Gasteiger partial charge in [0.15, 0.2) is 0 Å². The molecule has 1 aromatic rings. The molecule has 1 aromatic carbocycles. The van der Waals surface area contributed by atoms with E-state index in [0.717, 1.165) is 11.6 Å². The quantitative estimate of drug-likeness (QED) is 0.626. The van der Waals surface area contributed by atoms with E-state index >= 15 is 0 Å². The zero-order chi connectivity index (χ0) is 11.4. The van der Waals surface area contributed by atoms with Gasteiger partial charge in [-0.15, -0.1) is 11.8 Å². The Labute approximate surface area is 102 Å². The van der Waals surface area contributed by atoms with Crippen molar-refractivity contribution in [3.05, 3.63) is 23.8 Å². The summed E-state index contributed by atoms with van der Waals surface area (Å²) >= 11 is 1.96. The number of nitrogens with one attached hydrogen (secondary N) is 1. The van der Waals surface area contributed by atoms with Crippen LogP contribution in [0.5, 0.6) is 0 Å². The molecule has 3 N–H and O–H groups in total. The number of anilines is 1. The molecule has 0 radical (unpaired) electrons. The van der Waals surface area contributed by atoms with Crippen LogP contribution in [0.2, 0.25) is 0 Å². The maximum absolute atomic E-state index is 5.91. The highest BCUT2D eigenvalue weighted by Crippen LogP contribution is 2.29. The molecular weight excluding hydrogens is 216 g/mol. The Bertz CT molecular complexity index is 346. The van der Waals surface area contributed by atoms with Crippen LogP contribution < -0.4 is 11.1 Å². The molecule has 0 unspecified atom stereocenters. The number of rotatable bonds is 3. The molecule has 0 atom stereocenters. The first kappa shape index (κ1) is 11.8. The summed E-state index contributed by atoms with van der Waals surface area (Å²) in [7, 11) is 0. The van der Waals surface area contributed by atoms with Gasteiger partial charge in [-0.3, -0.25) is 0 Å². The van der Waals surface area contributed by atoms with Crippen molar-refractivity contribution >= 4 is 17.4 Å². The van der Waals surface area contributed by atoms with Crippen molar-refractivity contribution in [1.82, 2.24) is 5.32 Å². The zero-order valence-corrected chi connectivity index (χ0v) is 10.6. The smallest absolute Gasteiger partial charge is 0.0354 e. The Morgan fingerprint density at radius 2 is 2.12 bits per heavy atom. The number of piperidine rings is 1. The van der Waals surface area contributed by atoms with Gasteiger partial charge < -0.3 is 11.1 Å². The number of nitrogens with two attached hydrogens (primary N) is 1. The Balaban J connectivity index is 1.91. The molecule has 2 rings (SSSR count). The van der Waals surface area contributed by atoms with E-state index < -0.39 is 0 Å². The number of nitrogen functional groups attached to an aromatic ring is 1. The summed E-state index contributed by atoms with van der Waals surface area (Å²) in [6.45, 7) is 4.47. The topological polar surface area (TPSA) is 38.0 Å². The molecular formula is C13H20N2S. The van der Waals surface area contributed by atoms with Crippen LogP contribution in [0.25, 0.3) is 0 Å². The Morgan fingerprint density at radius 1 is 1.38 bits per heavy atom. The Kier molecular flexibility index (Phi) is 4.13. The lowest BCUT2D eigenvalue weighted by Crippen LogP contribution is -2.28. The largest absolute Gasteiger partial charge is 0.398 e. The summed E-state index contributed by atoms with van der Waals surface area (Å²) in [5.41, 5.74) is 8.06. The minimum atomic E-state index is 0.868. The van der Waals surface area contributed by atoms with Crippen molar-refractivity contribution in [2.45, 2.75) is 24.7 Å². The van der Waals surface area contributed by atoms with E-state index in [4.69, 9.17) is 5.73 Å².